The zero-order chi connectivity index (χ0) is 17.9. The molecule has 3 aromatic rings. The number of pyridine rings is 1. The Morgan fingerprint density at radius 1 is 1.08 bits per heavy atom. The SMILES string of the molecule is O=C(Nc1cccc(Cl)c1N1CCOCC1)c1cccc2cccnc12. The van der Waals surface area contributed by atoms with Crippen molar-refractivity contribution in [3.63, 3.8) is 0 Å². The van der Waals surface area contributed by atoms with E-state index in [-0.39, 0.29) is 5.91 Å². The molecule has 1 aliphatic heterocycles. The van der Waals surface area contributed by atoms with Gasteiger partial charge in [0, 0.05) is 24.7 Å². The van der Waals surface area contributed by atoms with Gasteiger partial charge in [-0.25, -0.2) is 0 Å². The van der Waals surface area contributed by atoms with E-state index in [1.54, 1.807) is 12.3 Å². The van der Waals surface area contributed by atoms with Crippen LogP contribution in [0.15, 0.2) is 54.7 Å². The maximum absolute atomic E-state index is 12.9. The molecule has 0 bridgehead atoms. The van der Waals surface area contributed by atoms with E-state index < -0.39 is 0 Å². The lowest BCUT2D eigenvalue weighted by molar-refractivity contribution is 0.102. The van der Waals surface area contributed by atoms with E-state index in [2.05, 4.69) is 15.2 Å². The maximum atomic E-state index is 12.9. The standard InChI is InChI=1S/C20H18ClN3O2/c21-16-7-2-8-17(19(16)24-10-12-26-13-11-24)23-20(25)15-6-1-4-14-5-3-9-22-18(14)15/h1-9H,10-13H2,(H,23,25). The summed E-state index contributed by atoms with van der Waals surface area (Å²) in [5.74, 6) is -0.203. The summed E-state index contributed by atoms with van der Waals surface area (Å²) >= 11 is 6.44. The number of benzene rings is 2. The number of rotatable bonds is 3. The number of para-hydroxylation sites is 2. The molecular weight excluding hydrogens is 350 g/mol. The fourth-order valence-corrected chi connectivity index (χ4v) is 3.50. The first kappa shape index (κ1) is 16.8. The van der Waals surface area contributed by atoms with E-state index in [0.29, 0.717) is 35.0 Å². The molecule has 6 heteroatoms. The van der Waals surface area contributed by atoms with Gasteiger partial charge in [0.25, 0.3) is 5.91 Å². The van der Waals surface area contributed by atoms with Crippen molar-refractivity contribution in [1.82, 2.24) is 4.98 Å². The number of amides is 1. The highest BCUT2D eigenvalue weighted by molar-refractivity contribution is 6.34. The Balaban J connectivity index is 1.69. The lowest BCUT2D eigenvalue weighted by atomic mass is 10.1. The van der Waals surface area contributed by atoms with Crippen molar-refractivity contribution in [2.75, 3.05) is 36.5 Å². The molecule has 0 spiro atoms. The average molecular weight is 368 g/mol. The largest absolute Gasteiger partial charge is 0.378 e. The maximum Gasteiger partial charge on any atom is 0.257 e. The summed E-state index contributed by atoms with van der Waals surface area (Å²) in [6, 6.07) is 14.9. The van der Waals surface area contributed by atoms with Crippen molar-refractivity contribution in [2.24, 2.45) is 0 Å². The summed E-state index contributed by atoms with van der Waals surface area (Å²) in [6.45, 7) is 2.77. The molecule has 2 heterocycles. The molecule has 0 unspecified atom stereocenters. The van der Waals surface area contributed by atoms with Crippen LogP contribution in [0.4, 0.5) is 11.4 Å². The Morgan fingerprint density at radius 2 is 1.85 bits per heavy atom. The molecule has 1 fully saturated rings. The Hall–Kier alpha value is -2.63. The van der Waals surface area contributed by atoms with Crippen LogP contribution in [0.2, 0.25) is 5.02 Å². The molecular formula is C20H18ClN3O2. The van der Waals surface area contributed by atoms with Crippen molar-refractivity contribution in [1.29, 1.82) is 0 Å². The van der Waals surface area contributed by atoms with Crippen LogP contribution in [0.1, 0.15) is 10.4 Å². The van der Waals surface area contributed by atoms with Crippen LogP contribution in [0.5, 0.6) is 0 Å². The summed E-state index contributed by atoms with van der Waals surface area (Å²) in [6.07, 6.45) is 1.69. The number of nitrogens with zero attached hydrogens (tertiary/aromatic N) is 2. The van der Waals surface area contributed by atoms with Gasteiger partial charge in [0.1, 0.15) is 0 Å². The minimum Gasteiger partial charge on any atom is -0.378 e. The fraction of sp³-hybridized carbons (Fsp3) is 0.200. The minimum atomic E-state index is -0.203. The molecule has 0 aliphatic carbocycles. The van der Waals surface area contributed by atoms with Crippen LogP contribution in [0.25, 0.3) is 10.9 Å². The van der Waals surface area contributed by atoms with Crippen molar-refractivity contribution in [3.05, 3.63) is 65.3 Å². The van der Waals surface area contributed by atoms with Crippen LogP contribution in [-0.4, -0.2) is 37.2 Å². The van der Waals surface area contributed by atoms with Crippen LogP contribution in [0, 0.1) is 0 Å². The van der Waals surface area contributed by atoms with Gasteiger partial charge >= 0.3 is 0 Å². The Labute approximate surface area is 156 Å². The lowest BCUT2D eigenvalue weighted by Gasteiger charge is -2.31. The molecule has 0 radical (unpaired) electrons. The monoisotopic (exact) mass is 367 g/mol. The second-order valence-corrected chi connectivity index (χ2v) is 6.48. The number of aromatic nitrogens is 1. The third kappa shape index (κ3) is 3.23. The number of morpholine rings is 1. The van der Waals surface area contributed by atoms with Gasteiger partial charge in [-0.15, -0.1) is 0 Å². The first-order chi connectivity index (χ1) is 12.7. The zero-order valence-electron chi connectivity index (χ0n) is 14.1. The summed E-state index contributed by atoms with van der Waals surface area (Å²) < 4.78 is 5.42. The van der Waals surface area contributed by atoms with Crippen LogP contribution in [-0.2, 0) is 4.74 Å². The highest BCUT2D eigenvalue weighted by atomic mass is 35.5. The number of carbonyl (C=O) groups is 1. The van der Waals surface area contributed by atoms with Gasteiger partial charge in [-0.3, -0.25) is 9.78 Å². The van der Waals surface area contributed by atoms with E-state index in [4.69, 9.17) is 16.3 Å². The second-order valence-electron chi connectivity index (χ2n) is 6.07. The van der Waals surface area contributed by atoms with Crippen LogP contribution in [0.3, 0.4) is 0 Å². The average Bonchev–Trinajstić information content (AvgIpc) is 2.68. The zero-order valence-corrected chi connectivity index (χ0v) is 14.9. The van der Waals surface area contributed by atoms with E-state index in [1.807, 2.05) is 42.5 Å². The van der Waals surface area contributed by atoms with E-state index in [0.717, 1.165) is 24.2 Å². The van der Waals surface area contributed by atoms with E-state index in [9.17, 15) is 4.79 Å². The van der Waals surface area contributed by atoms with Crippen molar-refractivity contribution < 1.29 is 9.53 Å². The van der Waals surface area contributed by atoms with E-state index >= 15 is 0 Å². The first-order valence-corrected chi connectivity index (χ1v) is 8.88. The number of carbonyl (C=O) groups excluding carboxylic acids is 1. The molecule has 1 aromatic heterocycles. The minimum absolute atomic E-state index is 0.203. The van der Waals surface area contributed by atoms with Gasteiger partial charge < -0.3 is 15.0 Å². The van der Waals surface area contributed by atoms with E-state index in [1.165, 1.54) is 0 Å². The third-order valence-corrected chi connectivity index (χ3v) is 4.74. The van der Waals surface area contributed by atoms with Crippen molar-refractivity contribution in [2.45, 2.75) is 0 Å². The molecule has 1 saturated heterocycles. The summed E-state index contributed by atoms with van der Waals surface area (Å²) in [7, 11) is 0. The topological polar surface area (TPSA) is 54.5 Å². The van der Waals surface area contributed by atoms with Crippen molar-refractivity contribution in [3.8, 4) is 0 Å². The second kappa shape index (κ2) is 7.32. The molecule has 1 N–H and O–H groups in total. The highest BCUT2D eigenvalue weighted by Gasteiger charge is 2.20. The summed E-state index contributed by atoms with van der Waals surface area (Å²) in [5, 5.41) is 4.55. The molecule has 26 heavy (non-hydrogen) atoms. The van der Waals surface area contributed by atoms with Gasteiger partial charge in [-0.1, -0.05) is 35.9 Å². The number of hydrogen-bond donors (Lipinski definition) is 1. The molecule has 5 nitrogen and oxygen atoms in total. The first-order valence-electron chi connectivity index (χ1n) is 8.50. The van der Waals surface area contributed by atoms with Gasteiger partial charge in [-0.05, 0) is 24.3 Å². The Morgan fingerprint density at radius 3 is 2.69 bits per heavy atom. The lowest BCUT2D eigenvalue weighted by Crippen LogP contribution is -2.37. The van der Waals surface area contributed by atoms with Gasteiger partial charge in [0.2, 0.25) is 0 Å². The van der Waals surface area contributed by atoms with Gasteiger partial charge in [-0.2, -0.15) is 0 Å². The molecule has 0 atom stereocenters. The number of fused-ring (bicyclic) bond motifs is 1. The predicted molar refractivity (Wildman–Crippen MR) is 104 cm³/mol. The van der Waals surface area contributed by atoms with Gasteiger partial charge in [0.15, 0.2) is 0 Å². The third-order valence-electron chi connectivity index (χ3n) is 4.44. The molecule has 2 aromatic carbocycles. The summed E-state index contributed by atoms with van der Waals surface area (Å²) in [4.78, 5) is 19.4. The Kier molecular flexibility index (Phi) is 4.73. The van der Waals surface area contributed by atoms with Gasteiger partial charge in [0.05, 0.1) is 40.7 Å². The summed E-state index contributed by atoms with van der Waals surface area (Å²) in [5.41, 5.74) is 2.75. The number of nitrogens with one attached hydrogen (secondary N) is 1. The normalized spacial score (nSPS) is 14.4. The Bertz CT molecular complexity index is 949. The van der Waals surface area contributed by atoms with Crippen molar-refractivity contribution >= 4 is 39.8 Å². The number of ether oxygens (including phenoxy) is 1. The number of hydrogen-bond acceptors (Lipinski definition) is 4. The molecule has 132 valence electrons. The fourth-order valence-electron chi connectivity index (χ4n) is 3.20. The quantitative estimate of drug-likeness (QED) is 0.760. The predicted octanol–water partition coefficient (Wildman–Crippen LogP) is 3.98. The highest BCUT2D eigenvalue weighted by Crippen LogP contribution is 2.35. The number of halogens is 1. The number of anilines is 2. The molecule has 1 aliphatic rings. The van der Waals surface area contributed by atoms with Crippen LogP contribution < -0.4 is 10.2 Å². The smallest absolute Gasteiger partial charge is 0.257 e. The molecule has 0 saturated carbocycles. The molecule has 4 rings (SSSR count). The van der Waals surface area contributed by atoms with Crippen LogP contribution >= 0.6 is 11.6 Å². The molecule has 1 amide bonds.